The van der Waals surface area contributed by atoms with Gasteiger partial charge in [0, 0.05) is 67.1 Å². The Morgan fingerprint density at radius 1 is 0.810 bits per heavy atom. The van der Waals surface area contributed by atoms with Crippen molar-refractivity contribution in [3.05, 3.63) is 112 Å². The third-order valence-electron chi connectivity index (χ3n) is 7.36. The Kier molecular flexibility index (Phi) is 16.5. The van der Waals surface area contributed by atoms with Crippen molar-refractivity contribution >= 4 is 61.7 Å². The summed E-state index contributed by atoms with van der Waals surface area (Å²) in [6.07, 6.45) is 7.21. The van der Waals surface area contributed by atoms with E-state index in [0.717, 1.165) is 18.2 Å². The number of nitriles is 1. The van der Waals surface area contributed by atoms with Crippen LogP contribution < -0.4 is 19.7 Å². The number of rotatable bonds is 9. The molecule has 0 fully saturated rings. The van der Waals surface area contributed by atoms with Crippen LogP contribution in [0, 0.1) is 143 Å². The number of halogens is 4. The van der Waals surface area contributed by atoms with E-state index < -0.39 is 66.5 Å². The van der Waals surface area contributed by atoms with Gasteiger partial charge in [0.1, 0.15) is 29.3 Å². The lowest BCUT2D eigenvalue weighted by Crippen LogP contribution is -2.27. The predicted octanol–water partition coefficient (Wildman–Crippen LogP) is 6.80. The number of para-hydroxylation sites is 1. The largest absolute Gasteiger partial charge is 0.404 e. The SMILES string of the molecule is [C-]#[N+]c1c(F)c(C#N)c(F)c(C(=Nc2ccc(N(C)C)cc2)C(=O)Nc2cc(S(=O)(=O)Nc3ccccc3Cl)ccc2OC#CC#CC#CC#CC#CC#CC#CC#CC#C)c1F. The molecule has 0 heterocycles. The average molecular weight is 869 g/mol. The second-order valence-electron chi connectivity index (χ2n) is 11.6. The second-order valence-corrected chi connectivity index (χ2v) is 13.6. The molecule has 1 amide bonds. The normalized spacial score (nSPS) is 9.29. The standard InChI is InChI=1S/C48H20ClF3N6O4S/c1-5-6-7-8-9-10-11-12-13-14-15-16-17-18-19-22-31-62-41-30-29-36(63(60,61)57-39-24-21-20-23-38(39)49)32-40(41)56-48(59)46(55-34-25-27-35(28-26-34)58(3)4)42-43(50)37(33-53)44(51)47(54-2)45(42)52/h1,20-21,23-30,32,57H,3-4H3,(H,56,59). The Morgan fingerprint density at radius 3 is 1.92 bits per heavy atom. The maximum atomic E-state index is 15.9. The van der Waals surface area contributed by atoms with Gasteiger partial charge in [-0.3, -0.25) is 9.52 Å². The van der Waals surface area contributed by atoms with Crippen molar-refractivity contribution in [2.24, 2.45) is 4.99 Å². The summed E-state index contributed by atoms with van der Waals surface area (Å²) in [6.45, 7) is 7.30. The summed E-state index contributed by atoms with van der Waals surface area (Å²) in [5.74, 6) is 30.9. The van der Waals surface area contributed by atoms with Crippen LogP contribution in [0.25, 0.3) is 4.85 Å². The summed E-state index contributed by atoms with van der Waals surface area (Å²) < 4.78 is 81.4. The number of hydrogen-bond donors (Lipinski definition) is 2. The fourth-order valence-corrected chi connectivity index (χ4v) is 5.91. The van der Waals surface area contributed by atoms with E-state index in [1.54, 1.807) is 37.2 Å². The minimum Gasteiger partial charge on any atom is -0.404 e. The third-order valence-corrected chi connectivity index (χ3v) is 9.06. The number of terminal acetylenes is 1. The molecule has 4 rings (SSSR count). The molecule has 0 aliphatic carbocycles. The van der Waals surface area contributed by atoms with Gasteiger partial charge in [-0.25, -0.2) is 31.4 Å². The molecule has 0 atom stereocenters. The first-order valence-electron chi connectivity index (χ1n) is 17.0. The molecule has 0 spiro atoms. The maximum Gasteiger partial charge on any atom is 0.275 e. The van der Waals surface area contributed by atoms with E-state index in [1.807, 2.05) is 0 Å². The molecule has 0 aliphatic rings. The zero-order chi connectivity index (χ0) is 45.8. The number of nitrogens with one attached hydrogen (secondary N) is 2. The predicted molar refractivity (Wildman–Crippen MR) is 233 cm³/mol. The zero-order valence-corrected chi connectivity index (χ0v) is 33.8. The van der Waals surface area contributed by atoms with Gasteiger partial charge in [0.05, 0.1) is 39.1 Å². The number of carbonyl (C=O) groups is 1. The summed E-state index contributed by atoms with van der Waals surface area (Å²) in [5, 5.41) is 11.9. The van der Waals surface area contributed by atoms with Gasteiger partial charge in [-0.1, -0.05) is 23.7 Å². The van der Waals surface area contributed by atoms with E-state index in [0.29, 0.717) is 5.69 Å². The smallest absolute Gasteiger partial charge is 0.275 e. The minimum absolute atomic E-state index is 0.0108. The minimum atomic E-state index is -4.45. The molecule has 4 aromatic carbocycles. The zero-order valence-electron chi connectivity index (χ0n) is 32.3. The quantitative estimate of drug-likeness (QED) is 0.108. The van der Waals surface area contributed by atoms with Crippen molar-refractivity contribution in [3.8, 4) is 119 Å². The van der Waals surface area contributed by atoms with E-state index in [2.05, 4.69) is 121 Å². The monoisotopic (exact) mass is 868 g/mol. The van der Waals surface area contributed by atoms with Gasteiger partial charge >= 0.3 is 0 Å². The molecule has 0 saturated heterocycles. The van der Waals surface area contributed by atoms with E-state index in [-0.39, 0.29) is 22.1 Å². The van der Waals surface area contributed by atoms with Crippen LogP contribution in [0.15, 0.2) is 76.6 Å². The first-order valence-corrected chi connectivity index (χ1v) is 18.9. The van der Waals surface area contributed by atoms with Crippen LogP contribution in [-0.4, -0.2) is 34.1 Å². The van der Waals surface area contributed by atoms with Gasteiger partial charge in [-0.05, 0) is 102 Å². The number of amides is 1. The van der Waals surface area contributed by atoms with Gasteiger partial charge in [-0.15, -0.1) is 6.42 Å². The molecule has 10 nitrogen and oxygen atoms in total. The van der Waals surface area contributed by atoms with Crippen LogP contribution >= 0.6 is 11.6 Å². The molecule has 4 aromatic rings. The highest BCUT2D eigenvalue weighted by molar-refractivity contribution is 7.92. The number of carbonyl (C=O) groups excluding carboxylic acids is 1. The molecule has 0 bridgehead atoms. The Bertz CT molecular complexity index is 3320. The molecule has 0 aromatic heterocycles. The van der Waals surface area contributed by atoms with Crippen molar-refractivity contribution < 1.29 is 31.1 Å². The highest BCUT2D eigenvalue weighted by atomic mass is 35.5. The molecule has 0 unspecified atom stereocenters. The molecule has 0 aliphatic heterocycles. The fourth-order valence-electron chi connectivity index (χ4n) is 4.57. The molecule has 0 radical (unpaired) electrons. The van der Waals surface area contributed by atoms with Crippen LogP contribution in [0.5, 0.6) is 5.75 Å². The molecule has 0 saturated carbocycles. The van der Waals surface area contributed by atoms with Crippen LogP contribution in [0.4, 0.5) is 41.6 Å². The summed E-state index contributed by atoms with van der Waals surface area (Å²) in [4.78, 5) is 22.3. The number of hydrogen-bond acceptors (Lipinski definition) is 7. The van der Waals surface area contributed by atoms with Crippen LogP contribution in [-0.2, 0) is 14.8 Å². The summed E-state index contributed by atoms with van der Waals surface area (Å²) >= 11 is 6.16. The highest BCUT2D eigenvalue weighted by Crippen LogP contribution is 2.34. The van der Waals surface area contributed by atoms with E-state index >= 15 is 8.78 Å². The van der Waals surface area contributed by atoms with Crippen molar-refractivity contribution in [3.63, 3.8) is 0 Å². The molecule has 300 valence electrons. The lowest BCUT2D eigenvalue weighted by molar-refractivity contribution is -0.110. The van der Waals surface area contributed by atoms with Gasteiger partial charge in [0.2, 0.25) is 0 Å². The van der Waals surface area contributed by atoms with Gasteiger partial charge in [0.15, 0.2) is 17.4 Å². The van der Waals surface area contributed by atoms with Gasteiger partial charge in [-0.2, -0.15) is 5.26 Å². The number of nitrogens with zero attached hydrogens (tertiary/aromatic N) is 4. The topological polar surface area (TPSA) is 128 Å². The van der Waals surface area contributed by atoms with Crippen LogP contribution in [0.3, 0.4) is 0 Å². The molecular formula is C48H20ClF3N6O4S. The van der Waals surface area contributed by atoms with Crippen LogP contribution in [0.1, 0.15) is 11.1 Å². The highest BCUT2D eigenvalue weighted by Gasteiger charge is 2.32. The lowest BCUT2D eigenvalue weighted by atomic mass is 10.0. The molecule has 15 heteroatoms. The van der Waals surface area contributed by atoms with E-state index in [1.165, 1.54) is 36.4 Å². The van der Waals surface area contributed by atoms with Gasteiger partial charge in [0.25, 0.3) is 21.6 Å². The van der Waals surface area contributed by atoms with E-state index in [4.69, 9.17) is 29.3 Å². The van der Waals surface area contributed by atoms with Crippen LogP contribution in [0.2, 0.25) is 5.02 Å². The number of aliphatic imine (C=N–C) groups is 1. The average Bonchev–Trinajstić information content (AvgIpc) is 3.26. The summed E-state index contributed by atoms with van der Waals surface area (Å²) in [7, 11) is -0.968. The first-order chi connectivity index (χ1) is 30.3. The summed E-state index contributed by atoms with van der Waals surface area (Å²) in [5.41, 5.74) is -4.94. The number of anilines is 3. The molecular weight excluding hydrogens is 849 g/mol. The molecule has 2 N–H and O–H groups in total. The lowest BCUT2D eigenvalue weighted by Gasteiger charge is -2.16. The van der Waals surface area contributed by atoms with Crippen molar-refractivity contribution in [1.29, 1.82) is 5.26 Å². The molecule has 63 heavy (non-hydrogen) atoms. The number of benzene rings is 4. The summed E-state index contributed by atoms with van der Waals surface area (Å²) in [6, 6.07) is 16.2. The fraction of sp³-hybridized carbons (Fsp3) is 0.0417. The number of sulfonamides is 1. The van der Waals surface area contributed by atoms with Gasteiger partial charge < -0.3 is 15.0 Å². The Hall–Kier alpha value is -9.53. The third kappa shape index (κ3) is 12.7. The Morgan fingerprint density at radius 2 is 1.38 bits per heavy atom. The second kappa shape index (κ2) is 22.6. The maximum absolute atomic E-state index is 15.9. The number of ether oxygens (including phenoxy) is 1. The van der Waals surface area contributed by atoms with Crippen molar-refractivity contribution in [1.82, 2.24) is 0 Å². The first kappa shape index (κ1) is 46.2. The van der Waals surface area contributed by atoms with E-state index in [9.17, 15) is 22.9 Å². The Labute approximate surface area is 366 Å². The van der Waals surface area contributed by atoms with Crippen molar-refractivity contribution in [2.45, 2.75) is 4.90 Å². The Balaban J connectivity index is 1.77. The van der Waals surface area contributed by atoms with Crippen molar-refractivity contribution in [2.75, 3.05) is 29.0 Å².